The van der Waals surface area contributed by atoms with Gasteiger partial charge in [-0.2, -0.15) is 0 Å². The summed E-state index contributed by atoms with van der Waals surface area (Å²) in [6.07, 6.45) is 6.23. The number of likely N-dealkylation sites (tertiary alicyclic amines) is 1. The Balaban J connectivity index is 0.00000196. The predicted octanol–water partition coefficient (Wildman–Crippen LogP) is 1.69. The SMILES string of the molecule is Cl.O=C(NCC1CCCN(C(=O)c2cc(C3CC3)on2)C1)C1CCCN1. The van der Waals surface area contributed by atoms with Gasteiger partial charge in [0.05, 0.1) is 6.04 Å². The normalized spacial score (nSPS) is 25.6. The molecule has 3 heterocycles. The second-order valence-corrected chi connectivity index (χ2v) is 7.54. The first-order valence-corrected chi connectivity index (χ1v) is 9.47. The highest BCUT2D eigenvalue weighted by Crippen LogP contribution is 2.40. The number of halogens is 1. The maximum Gasteiger partial charge on any atom is 0.276 e. The topological polar surface area (TPSA) is 87.5 Å². The van der Waals surface area contributed by atoms with E-state index in [1.807, 2.05) is 4.90 Å². The Kier molecular flexibility index (Phi) is 6.19. The number of hydrogen-bond acceptors (Lipinski definition) is 5. The molecule has 0 spiro atoms. The van der Waals surface area contributed by atoms with E-state index in [9.17, 15) is 9.59 Å². The summed E-state index contributed by atoms with van der Waals surface area (Å²) in [4.78, 5) is 26.6. The molecule has 26 heavy (non-hydrogen) atoms. The van der Waals surface area contributed by atoms with Gasteiger partial charge < -0.3 is 20.1 Å². The molecule has 1 aromatic heterocycles. The van der Waals surface area contributed by atoms with Crippen LogP contribution in [-0.2, 0) is 4.79 Å². The van der Waals surface area contributed by atoms with Crippen molar-refractivity contribution in [2.24, 2.45) is 5.92 Å². The molecule has 0 aromatic carbocycles. The molecule has 8 heteroatoms. The van der Waals surface area contributed by atoms with Gasteiger partial charge in [-0.25, -0.2) is 0 Å². The number of hydrogen-bond donors (Lipinski definition) is 2. The molecular formula is C18H27ClN4O3. The molecule has 2 amide bonds. The molecule has 2 atom stereocenters. The van der Waals surface area contributed by atoms with Crippen LogP contribution in [0.3, 0.4) is 0 Å². The molecule has 0 radical (unpaired) electrons. The number of carbonyl (C=O) groups excluding carboxylic acids is 2. The molecule has 0 bridgehead atoms. The van der Waals surface area contributed by atoms with Crippen LogP contribution in [0.2, 0.25) is 0 Å². The van der Waals surface area contributed by atoms with Gasteiger partial charge in [-0.1, -0.05) is 5.16 Å². The predicted molar refractivity (Wildman–Crippen MR) is 98.4 cm³/mol. The van der Waals surface area contributed by atoms with Crippen LogP contribution in [0.1, 0.15) is 60.7 Å². The fourth-order valence-electron chi connectivity index (χ4n) is 3.80. The lowest BCUT2D eigenvalue weighted by molar-refractivity contribution is -0.123. The number of amides is 2. The fraction of sp³-hybridized carbons (Fsp3) is 0.722. The van der Waals surface area contributed by atoms with Crippen LogP contribution < -0.4 is 10.6 Å². The zero-order valence-electron chi connectivity index (χ0n) is 14.9. The third kappa shape index (κ3) is 4.38. The van der Waals surface area contributed by atoms with E-state index in [2.05, 4.69) is 15.8 Å². The van der Waals surface area contributed by atoms with E-state index >= 15 is 0 Å². The van der Waals surface area contributed by atoms with Gasteiger partial charge in [0.25, 0.3) is 5.91 Å². The Morgan fingerprint density at radius 3 is 2.85 bits per heavy atom. The van der Waals surface area contributed by atoms with Crippen LogP contribution in [0.4, 0.5) is 0 Å². The van der Waals surface area contributed by atoms with E-state index in [0.29, 0.717) is 30.6 Å². The van der Waals surface area contributed by atoms with Crippen molar-refractivity contribution in [1.29, 1.82) is 0 Å². The maximum atomic E-state index is 12.7. The van der Waals surface area contributed by atoms with Crippen LogP contribution in [0, 0.1) is 5.92 Å². The first kappa shape index (κ1) is 19.2. The Morgan fingerprint density at radius 1 is 1.27 bits per heavy atom. The molecule has 2 saturated heterocycles. The third-order valence-electron chi connectivity index (χ3n) is 5.48. The van der Waals surface area contributed by atoms with E-state index in [1.165, 1.54) is 0 Å². The molecule has 2 unspecified atom stereocenters. The molecule has 2 N–H and O–H groups in total. The van der Waals surface area contributed by atoms with Crippen molar-refractivity contribution in [3.8, 4) is 0 Å². The zero-order valence-corrected chi connectivity index (χ0v) is 15.7. The van der Waals surface area contributed by atoms with Crippen molar-refractivity contribution in [3.05, 3.63) is 17.5 Å². The van der Waals surface area contributed by atoms with Gasteiger partial charge in [0.2, 0.25) is 5.91 Å². The monoisotopic (exact) mass is 382 g/mol. The molecule has 3 aliphatic rings. The quantitative estimate of drug-likeness (QED) is 0.809. The number of carbonyl (C=O) groups is 2. The second-order valence-electron chi connectivity index (χ2n) is 7.54. The Morgan fingerprint density at radius 2 is 2.12 bits per heavy atom. The average molecular weight is 383 g/mol. The van der Waals surface area contributed by atoms with Crippen molar-refractivity contribution < 1.29 is 14.1 Å². The van der Waals surface area contributed by atoms with E-state index in [1.54, 1.807) is 6.07 Å². The van der Waals surface area contributed by atoms with Crippen LogP contribution in [0.25, 0.3) is 0 Å². The third-order valence-corrected chi connectivity index (χ3v) is 5.48. The summed E-state index contributed by atoms with van der Waals surface area (Å²) >= 11 is 0. The van der Waals surface area contributed by atoms with Crippen molar-refractivity contribution in [1.82, 2.24) is 20.7 Å². The van der Waals surface area contributed by atoms with E-state index in [0.717, 1.165) is 57.4 Å². The zero-order chi connectivity index (χ0) is 17.2. The minimum atomic E-state index is -0.0517. The fourth-order valence-corrected chi connectivity index (χ4v) is 3.80. The maximum absolute atomic E-state index is 12.7. The number of rotatable bonds is 5. The molecule has 2 aliphatic heterocycles. The molecule has 1 aliphatic carbocycles. The highest BCUT2D eigenvalue weighted by molar-refractivity contribution is 5.92. The summed E-state index contributed by atoms with van der Waals surface area (Å²) in [7, 11) is 0. The van der Waals surface area contributed by atoms with Crippen molar-refractivity contribution >= 4 is 24.2 Å². The Hall–Kier alpha value is -1.60. The van der Waals surface area contributed by atoms with Gasteiger partial charge in [0.1, 0.15) is 5.76 Å². The molecule has 144 valence electrons. The lowest BCUT2D eigenvalue weighted by Gasteiger charge is -2.32. The largest absolute Gasteiger partial charge is 0.360 e. The van der Waals surface area contributed by atoms with Crippen molar-refractivity contribution in [2.75, 3.05) is 26.2 Å². The second kappa shape index (κ2) is 8.39. The van der Waals surface area contributed by atoms with Crippen LogP contribution in [-0.4, -0.2) is 54.1 Å². The van der Waals surface area contributed by atoms with Gasteiger partial charge in [0, 0.05) is 31.6 Å². The molecule has 1 saturated carbocycles. The summed E-state index contributed by atoms with van der Waals surface area (Å²) in [5.41, 5.74) is 0.418. The summed E-state index contributed by atoms with van der Waals surface area (Å²) in [6.45, 7) is 2.97. The minimum Gasteiger partial charge on any atom is -0.360 e. The lowest BCUT2D eigenvalue weighted by atomic mass is 9.97. The highest BCUT2D eigenvalue weighted by Gasteiger charge is 2.31. The van der Waals surface area contributed by atoms with E-state index in [-0.39, 0.29) is 30.3 Å². The van der Waals surface area contributed by atoms with Gasteiger partial charge in [-0.3, -0.25) is 9.59 Å². The first-order chi connectivity index (χ1) is 12.2. The minimum absolute atomic E-state index is 0. The summed E-state index contributed by atoms with van der Waals surface area (Å²) in [5, 5.41) is 10.2. The molecular weight excluding hydrogens is 356 g/mol. The Labute approximate surface area is 159 Å². The smallest absolute Gasteiger partial charge is 0.276 e. The number of nitrogens with one attached hydrogen (secondary N) is 2. The van der Waals surface area contributed by atoms with Crippen LogP contribution in [0.15, 0.2) is 10.6 Å². The number of piperidine rings is 1. The average Bonchev–Trinajstić information content (AvgIpc) is 3.14. The Bertz CT molecular complexity index is 640. The van der Waals surface area contributed by atoms with Crippen LogP contribution in [0.5, 0.6) is 0 Å². The highest BCUT2D eigenvalue weighted by atomic mass is 35.5. The first-order valence-electron chi connectivity index (χ1n) is 9.47. The molecule has 1 aromatic rings. The standard InChI is InChI=1S/C18H26N4O3.ClH/c23-17(14-4-1-7-19-14)20-10-12-3-2-8-22(11-12)18(24)15-9-16(25-21-15)13-5-6-13;/h9,12-14,19H,1-8,10-11H2,(H,20,23);1H. The van der Waals surface area contributed by atoms with Gasteiger partial charge in [0.15, 0.2) is 5.69 Å². The summed E-state index contributed by atoms with van der Waals surface area (Å²) in [6, 6.07) is 1.76. The van der Waals surface area contributed by atoms with Gasteiger partial charge >= 0.3 is 0 Å². The van der Waals surface area contributed by atoms with Gasteiger partial charge in [-0.15, -0.1) is 12.4 Å². The van der Waals surface area contributed by atoms with Gasteiger partial charge in [-0.05, 0) is 51.0 Å². The van der Waals surface area contributed by atoms with E-state index < -0.39 is 0 Å². The number of aromatic nitrogens is 1. The van der Waals surface area contributed by atoms with E-state index in [4.69, 9.17) is 4.52 Å². The van der Waals surface area contributed by atoms with Crippen molar-refractivity contribution in [2.45, 2.75) is 50.5 Å². The number of nitrogens with zero attached hydrogens (tertiary/aromatic N) is 2. The summed E-state index contributed by atoms with van der Waals surface area (Å²) < 4.78 is 5.30. The van der Waals surface area contributed by atoms with Crippen molar-refractivity contribution in [3.63, 3.8) is 0 Å². The molecule has 4 rings (SSSR count). The summed E-state index contributed by atoms with van der Waals surface area (Å²) in [5.74, 6) is 1.64. The molecule has 7 nitrogen and oxygen atoms in total. The lowest BCUT2D eigenvalue weighted by Crippen LogP contribution is -2.46. The van der Waals surface area contributed by atoms with Crippen LogP contribution >= 0.6 is 12.4 Å². The molecule has 3 fully saturated rings.